The van der Waals surface area contributed by atoms with Gasteiger partial charge in [0.05, 0.1) is 105 Å². The summed E-state index contributed by atoms with van der Waals surface area (Å²) in [5.41, 5.74) is -0.0142. The van der Waals surface area contributed by atoms with Crippen molar-refractivity contribution in [3.8, 4) is 0 Å². The molecule has 3 saturated carbocycles. The minimum Gasteiger partial charge on any atom is -0.493 e. The molecule has 10 fully saturated rings. The molecule has 0 aromatic rings. The summed E-state index contributed by atoms with van der Waals surface area (Å²) in [4.78, 5) is 24.9. The van der Waals surface area contributed by atoms with Crippen molar-refractivity contribution in [2.45, 2.75) is 343 Å². The molecule has 564 valence electrons. The molecule has 35 unspecified atom stereocenters. The van der Waals surface area contributed by atoms with Gasteiger partial charge in [-0.3, -0.25) is 9.59 Å². The number of carbonyl (C=O) groups excluding carboxylic acids is 2. The molecule has 27 heteroatoms. The van der Waals surface area contributed by atoms with Crippen molar-refractivity contribution in [1.29, 1.82) is 0 Å². The standard InChI is InChI=1S/C72H114O27/c1-34-26-48(77-12)58(74)67(85-34)93-44-20-23-69(10)43(27-44)18-19-45-46(69)21-24-70(11)47(45)22-25-71(70,76)41(8)91-54-31-52-64(38(5)89-54)99-72(84-33-83-52)32-53(81-16)63(40(7)98-72)96-57-29-50(79-14)61(36(3)87-57)94-55-28-49(78-13)60(35(2)86-55)95-56-30-51(80-15)62(37(4)88-56)97-68-59(75)66(82-17)65(39(6)90-68)92-42(9)73/h18,26,34-41,44-47,49-57,59-68,75-76H,19-25,27-33H2,1-17H3. The normalized spacial score (nSPS) is 50.6. The highest BCUT2D eigenvalue weighted by atomic mass is 16.9. The van der Waals surface area contributed by atoms with Crippen LogP contribution in [0, 0.1) is 28.6 Å². The van der Waals surface area contributed by atoms with Crippen LogP contribution in [0.4, 0.5) is 0 Å². The van der Waals surface area contributed by atoms with Gasteiger partial charge < -0.3 is 119 Å². The Bertz CT molecular complexity index is 2800. The van der Waals surface area contributed by atoms with Crippen LogP contribution in [-0.4, -0.2) is 255 Å². The van der Waals surface area contributed by atoms with E-state index >= 15 is 0 Å². The monoisotopic (exact) mass is 1410 g/mol. The van der Waals surface area contributed by atoms with Crippen LogP contribution in [0.5, 0.6) is 0 Å². The molecule has 35 atom stereocenters. The van der Waals surface area contributed by atoms with Crippen molar-refractivity contribution in [2.75, 3.05) is 49.5 Å². The van der Waals surface area contributed by atoms with Gasteiger partial charge in [0.2, 0.25) is 6.29 Å². The summed E-state index contributed by atoms with van der Waals surface area (Å²) in [5.74, 6) is -0.826. The van der Waals surface area contributed by atoms with Crippen LogP contribution < -0.4 is 0 Å². The number of Topliss-reactive ketones (excluding diaryl/α,β-unsaturated/α-hetero) is 1. The fourth-order valence-electron chi connectivity index (χ4n) is 19.4. The van der Waals surface area contributed by atoms with Gasteiger partial charge in [-0.05, 0) is 136 Å². The number of hydrogen-bond acceptors (Lipinski definition) is 27. The van der Waals surface area contributed by atoms with Crippen molar-refractivity contribution in [3.05, 3.63) is 23.5 Å². The van der Waals surface area contributed by atoms with Gasteiger partial charge in [0.15, 0.2) is 50.1 Å². The summed E-state index contributed by atoms with van der Waals surface area (Å²) >= 11 is 0. The molecule has 8 heterocycles. The molecular weight excluding hydrogens is 1300 g/mol. The van der Waals surface area contributed by atoms with Crippen LogP contribution in [0.15, 0.2) is 23.5 Å². The molecule has 0 radical (unpaired) electrons. The highest BCUT2D eigenvalue weighted by Crippen LogP contribution is 2.68. The van der Waals surface area contributed by atoms with Gasteiger partial charge in [-0.2, -0.15) is 0 Å². The van der Waals surface area contributed by atoms with E-state index in [9.17, 15) is 19.8 Å². The maximum Gasteiger partial charge on any atom is 0.303 e. The molecule has 1 spiro atoms. The molecule has 0 amide bonds. The van der Waals surface area contributed by atoms with Gasteiger partial charge in [0.25, 0.3) is 11.8 Å². The third-order valence-corrected chi connectivity index (χ3v) is 24.8. The molecule has 0 aromatic heterocycles. The lowest BCUT2D eigenvalue weighted by Crippen LogP contribution is -2.62. The molecule has 99 heavy (non-hydrogen) atoms. The summed E-state index contributed by atoms with van der Waals surface area (Å²) in [6, 6.07) is 0. The Morgan fingerprint density at radius 1 is 0.616 bits per heavy atom. The van der Waals surface area contributed by atoms with Crippen LogP contribution >= 0.6 is 0 Å². The number of ketones is 1. The van der Waals surface area contributed by atoms with Gasteiger partial charge in [0.1, 0.15) is 42.7 Å². The van der Waals surface area contributed by atoms with Crippen LogP contribution in [-0.2, 0) is 119 Å². The predicted molar refractivity (Wildman–Crippen MR) is 345 cm³/mol. The number of aliphatic hydroxyl groups is 2. The van der Waals surface area contributed by atoms with Crippen molar-refractivity contribution in [1.82, 2.24) is 0 Å². The first-order chi connectivity index (χ1) is 47.2. The number of carbonyl (C=O) groups is 2. The second-order valence-electron chi connectivity index (χ2n) is 30.5. The Kier molecular flexibility index (Phi) is 24.0. The van der Waals surface area contributed by atoms with Gasteiger partial charge in [0, 0.05) is 73.6 Å². The average molecular weight is 1410 g/mol. The molecular formula is C72H114O27. The van der Waals surface area contributed by atoms with Gasteiger partial charge >= 0.3 is 5.97 Å². The molecule has 8 aliphatic heterocycles. The number of aliphatic hydroxyl groups excluding tert-OH is 1. The maximum atomic E-state index is 13.1. The minimum atomic E-state index is -1.55. The smallest absolute Gasteiger partial charge is 0.303 e. The third kappa shape index (κ3) is 15.1. The average Bonchev–Trinajstić information content (AvgIpc) is 1.61. The Hall–Kier alpha value is -2.50. The largest absolute Gasteiger partial charge is 0.493 e. The topological polar surface area (TPSA) is 287 Å². The highest BCUT2D eigenvalue weighted by molar-refractivity contribution is 5.96. The first-order valence-electron chi connectivity index (χ1n) is 36.4. The summed E-state index contributed by atoms with van der Waals surface area (Å²) < 4.78 is 145. The molecule has 2 N–H and O–H groups in total. The lowest BCUT2D eigenvalue weighted by molar-refractivity contribution is -0.447. The van der Waals surface area contributed by atoms with Gasteiger partial charge in [-0.1, -0.05) is 25.5 Å². The lowest BCUT2D eigenvalue weighted by Gasteiger charge is -2.59. The van der Waals surface area contributed by atoms with Crippen LogP contribution in [0.3, 0.4) is 0 Å². The number of hydrogen-bond donors (Lipinski definition) is 2. The molecule has 12 aliphatic rings. The van der Waals surface area contributed by atoms with E-state index in [1.807, 2.05) is 48.5 Å². The van der Waals surface area contributed by atoms with Crippen LogP contribution in [0.1, 0.15) is 160 Å². The number of esters is 1. The number of fused-ring (bicyclic) bond motifs is 6. The zero-order chi connectivity index (χ0) is 70.8. The SMILES string of the molecule is COC1=CC(C)OC(OC2CCC3(C)C(=CCC4C3CCC3(C)C4CCC3(O)C(C)OC3CC4OCOC5(CC(OC)C(OC6CC(OC)C(OC7CC(OC)C(OC8CC(OC)C(OC9OC(C)C(OC(C)=O)C(OC)C9O)C(C)O8)C(C)O7)C(C)O6)C(C)O5)OC4C(C)O3)C2)C1=O. The van der Waals surface area contributed by atoms with E-state index < -0.39 is 177 Å². The molecule has 27 nitrogen and oxygen atoms in total. The summed E-state index contributed by atoms with van der Waals surface area (Å²) in [6.07, 6.45) is -5.13. The summed E-state index contributed by atoms with van der Waals surface area (Å²) in [6.45, 7) is 21.0. The van der Waals surface area contributed by atoms with Crippen LogP contribution in [0.25, 0.3) is 0 Å². The summed E-state index contributed by atoms with van der Waals surface area (Å²) in [7, 11) is 9.39. The van der Waals surface area contributed by atoms with E-state index in [1.54, 1.807) is 41.4 Å². The minimum absolute atomic E-state index is 0.0145. The van der Waals surface area contributed by atoms with Crippen molar-refractivity contribution in [2.24, 2.45) is 28.6 Å². The molecule has 12 rings (SSSR count). The number of ether oxygens (including phenoxy) is 23. The molecule has 7 saturated heterocycles. The Morgan fingerprint density at radius 2 is 1.19 bits per heavy atom. The number of methoxy groups -OCH3 is 6. The van der Waals surface area contributed by atoms with Gasteiger partial charge in [-0.15, -0.1) is 0 Å². The highest BCUT2D eigenvalue weighted by Gasteiger charge is 2.67. The predicted octanol–water partition coefficient (Wildman–Crippen LogP) is 6.73. The van der Waals surface area contributed by atoms with E-state index in [0.717, 1.165) is 44.9 Å². The Morgan fingerprint density at radius 3 is 1.78 bits per heavy atom. The van der Waals surface area contributed by atoms with E-state index in [1.165, 1.54) is 26.7 Å². The lowest BCUT2D eigenvalue weighted by atomic mass is 9.46. The zero-order valence-electron chi connectivity index (χ0n) is 61.1. The maximum absolute atomic E-state index is 13.1. The summed E-state index contributed by atoms with van der Waals surface area (Å²) in [5, 5.41) is 24.3. The quantitative estimate of drug-likeness (QED) is 0.0943. The van der Waals surface area contributed by atoms with E-state index in [2.05, 4.69) is 19.9 Å². The molecule has 4 aliphatic carbocycles. The fourth-order valence-corrected chi connectivity index (χ4v) is 19.4. The fraction of sp³-hybridized carbons (Fsp3) is 0.917. The second kappa shape index (κ2) is 31.1. The van der Waals surface area contributed by atoms with Crippen LogP contribution in [0.2, 0.25) is 0 Å². The number of allylic oxidation sites excluding steroid dienone is 1. The first-order valence-corrected chi connectivity index (χ1v) is 36.4. The van der Waals surface area contributed by atoms with Crippen molar-refractivity contribution < 1.29 is 129 Å². The van der Waals surface area contributed by atoms with E-state index in [-0.39, 0.29) is 54.2 Å². The second-order valence-corrected chi connectivity index (χ2v) is 30.5. The van der Waals surface area contributed by atoms with E-state index in [0.29, 0.717) is 43.4 Å². The number of rotatable bonds is 20. The zero-order valence-corrected chi connectivity index (χ0v) is 61.1. The van der Waals surface area contributed by atoms with Gasteiger partial charge in [-0.25, -0.2) is 0 Å². The Labute approximate surface area is 583 Å². The Balaban J connectivity index is 0.604. The van der Waals surface area contributed by atoms with E-state index in [4.69, 9.17) is 109 Å². The van der Waals surface area contributed by atoms with Crippen molar-refractivity contribution >= 4 is 11.8 Å². The molecule has 0 aromatic carbocycles. The first kappa shape index (κ1) is 76.2. The molecule has 0 bridgehead atoms. The van der Waals surface area contributed by atoms with Crippen molar-refractivity contribution in [3.63, 3.8) is 0 Å². The third-order valence-electron chi connectivity index (χ3n) is 24.8.